The lowest BCUT2D eigenvalue weighted by Gasteiger charge is -2.07. The number of carbonyl (C=O) groups excluding carboxylic acids is 2. The van der Waals surface area contributed by atoms with Crippen molar-refractivity contribution in [1.82, 2.24) is 5.32 Å². The summed E-state index contributed by atoms with van der Waals surface area (Å²) in [5, 5.41) is 2.85. The molecule has 0 aliphatic carbocycles. The zero-order valence-corrected chi connectivity index (χ0v) is 15.5. The van der Waals surface area contributed by atoms with Gasteiger partial charge in [0, 0.05) is 25.0 Å². The molecule has 0 bridgehead atoms. The number of carbonyl (C=O) groups is 2. The van der Waals surface area contributed by atoms with E-state index >= 15 is 0 Å². The Morgan fingerprint density at radius 1 is 1.12 bits per heavy atom. The van der Waals surface area contributed by atoms with Crippen molar-refractivity contribution >= 4 is 18.0 Å². The maximum Gasteiger partial charge on any atom is 0.330 e. The van der Waals surface area contributed by atoms with Gasteiger partial charge in [-0.15, -0.1) is 0 Å². The SMILES string of the molecule is COC(=O)/C=C/c1cccc(C)c1.Cc1cccc(C2CNC(=O)C2)c1. The second-order valence-electron chi connectivity index (χ2n) is 6.39. The normalized spacial score (nSPS) is 16.0. The summed E-state index contributed by atoms with van der Waals surface area (Å²) >= 11 is 0. The Hall–Kier alpha value is -2.88. The van der Waals surface area contributed by atoms with Gasteiger partial charge in [-0.25, -0.2) is 4.79 Å². The lowest BCUT2D eigenvalue weighted by molar-refractivity contribution is -0.134. The van der Waals surface area contributed by atoms with Gasteiger partial charge in [-0.05, 0) is 31.1 Å². The fourth-order valence-corrected chi connectivity index (χ4v) is 2.77. The van der Waals surface area contributed by atoms with Crippen LogP contribution in [0.4, 0.5) is 0 Å². The first-order valence-electron chi connectivity index (χ1n) is 8.64. The molecule has 2 aromatic carbocycles. The average Bonchev–Trinajstić information content (AvgIpc) is 3.07. The van der Waals surface area contributed by atoms with Gasteiger partial charge in [-0.3, -0.25) is 4.79 Å². The van der Waals surface area contributed by atoms with E-state index in [9.17, 15) is 9.59 Å². The van der Waals surface area contributed by atoms with Crippen molar-refractivity contribution < 1.29 is 14.3 Å². The lowest BCUT2D eigenvalue weighted by atomic mass is 9.97. The van der Waals surface area contributed by atoms with Gasteiger partial charge in [0.2, 0.25) is 5.91 Å². The Morgan fingerprint density at radius 2 is 1.81 bits per heavy atom. The fourth-order valence-electron chi connectivity index (χ4n) is 2.77. The monoisotopic (exact) mass is 351 g/mol. The molecule has 0 radical (unpaired) electrons. The number of hydrogen-bond acceptors (Lipinski definition) is 3. The summed E-state index contributed by atoms with van der Waals surface area (Å²) in [4.78, 5) is 21.8. The molecule has 1 fully saturated rings. The largest absolute Gasteiger partial charge is 0.466 e. The molecule has 0 aromatic heterocycles. The van der Waals surface area contributed by atoms with Gasteiger partial charge in [0.05, 0.1) is 7.11 Å². The molecule has 4 heteroatoms. The minimum atomic E-state index is -0.332. The van der Waals surface area contributed by atoms with E-state index < -0.39 is 0 Å². The predicted molar refractivity (Wildman–Crippen MR) is 104 cm³/mol. The summed E-state index contributed by atoms with van der Waals surface area (Å²) in [5.74, 6) is 0.223. The smallest absolute Gasteiger partial charge is 0.330 e. The topological polar surface area (TPSA) is 55.4 Å². The van der Waals surface area contributed by atoms with Crippen LogP contribution in [0, 0.1) is 13.8 Å². The molecule has 1 unspecified atom stereocenters. The number of rotatable bonds is 3. The Labute approximate surface area is 154 Å². The maximum absolute atomic E-state index is 11.0. The van der Waals surface area contributed by atoms with Crippen LogP contribution in [0.15, 0.2) is 54.6 Å². The number of hydrogen-bond donors (Lipinski definition) is 1. The van der Waals surface area contributed by atoms with Crippen molar-refractivity contribution in [3.05, 3.63) is 76.9 Å². The van der Waals surface area contributed by atoms with E-state index in [-0.39, 0.29) is 11.9 Å². The molecule has 1 N–H and O–H groups in total. The minimum absolute atomic E-state index is 0.173. The Morgan fingerprint density at radius 3 is 2.38 bits per heavy atom. The second-order valence-corrected chi connectivity index (χ2v) is 6.39. The molecule has 3 rings (SSSR count). The van der Waals surface area contributed by atoms with Crippen LogP contribution < -0.4 is 5.32 Å². The number of benzene rings is 2. The van der Waals surface area contributed by atoms with E-state index in [1.54, 1.807) is 6.08 Å². The van der Waals surface area contributed by atoms with Gasteiger partial charge in [0.1, 0.15) is 0 Å². The van der Waals surface area contributed by atoms with Crippen molar-refractivity contribution in [3.8, 4) is 0 Å². The van der Waals surface area contributed by atoms with Crippen LogP contribution in [0.25, 0.3) is 6.08 Å². The van der Waals surface area contributed by atoms with Crippen molar-refractivity contribution in [3.63, 3.8) is 0 Å². The van der Waals surface area contributed by atoms with E-state index in [4.69, 9.17) is 0 Å². The predicted octanol–water partition coefficient (Wildman–Crippen LogP) is 3.78. The highest BCUT2D eigenvalue weighted by Gasteiger charge is 2.22. The van der Waals surface area contributed by atoms with Gasteiger partial charge < -0.3 is 10.1 Å². The van der Waals surface area contributed by atoms with E-state index in [1.165, 1.54) is 29.9 Å². The van der Waals surface area contributed by atoms with Crippen molar-refractivity contribution in [2.75, 3.05) is 13.7 Å². The minimum Gasteiger partial charge on any atom is -0.466 e. The summed E-state index contributed by atoms with van der Waals surface area (Å²) in [6.07, 6.45) is 3.79. The van der Waals surface area contributed by atoms with Crippen LogP contribution in [-0.2, 0) is 14.3 Å². The number of esters is 1. The third kappa shape index (κ3) is 6.20. The Bertz CT molecular complexity index is 795. The average molecular weight is 351 g/mol. The highest BCUT2D eigenvalue weighted by molar-refractivity contribution is 5.86. The molecule has 4 nitrogen and oxygen atoms in total. The Kier molecular flexibility index (Phi) is 7.15. The van der Waals surface area contributed by atoms with Gasteiger partial charge in [-0.2, -0.15) is 0 Å². The first kappa shape index (κ1) is 19.4. The number of methoxy groups -OCH3 is 1. The van der Waals surface area contributed by atoms with Crippen LogP contribution >= 0.6 is 0 Å². The highest BCUT2D eigenvalue weighted by Crippen LogP contribution is 2.23. The van der Waals surface area contributed by atoms with Crippen LogP contribution in [0.5, 0.6) is 0 Å². The van der Waals surface area contributed by atoms with E-state index in [0.29, 0.717) is 12.3 Å². The molecular formula is C22H25NO3. The molecule has 1 amide bonds. The van der Waals surface area contributed by atoms with Crippen molar-refractivity contribution in [1.29, 1.82) is 0 Å². The molecule has 0 spiro atoms. The summed E-state index contributed by atoms with van der Waals surface area (Å²) in [6.45, 7) is 4.88. The first-order valence-corrected chi connectivity index (χ1v) is 8.64. The third-order valence-electron chi connectivity index (χ3n) is 4.15. The summed E-state index contributed by atoms with van der Waals surface area (Å²) in [7, 11) is 1.36. The number of nitrogens with one attached hydrogen (secondary N) is 1. The quantitative estimate of drug-likeness (QED) is 0.676. The molecular weight excluding hydrogens is 326 g/mol. The zero-order chi connectivity index (χ0) is 18.9. The zero-order valence-electron chi connectivity index (χ0n) is 15.5. The third-order valence-corrected chi connectivity index (χ3v) is 4.15. The van der Waals surface area contributed by atoms with E-state index in [2.05, 4.69) is 35.2 Å². The van der Waals surface area contributed by atoms with Crippen LogP contribution in [-0.4, -0.2) is 25.5 Å². The van der Waals surface area contributed by atoms with Gasteiger partial charge in [0.15, 0.2) is 0 Å². The molecule has 1 saturated heterocycles. The standard InChI is InChI=1S/C11H13NO.C11H12O2/c1-8-3-2-4-9(5-8)10-6-11(13)12-7-10;1-9-4-3-5-10(8-9)6-7-11(12)13-2/h2-5,10H,6-7H2,1H3,(H,12,13);3-8H,1-2H3/b;7-6+. The fraction of sp³-hybridized carbons (Fsp3) is 0.273. The van der Waals surface area contributed by atoms with Crippen LogP contribution in [0.2, 0.25) is 0 Å². The maximum atomic E-state index is 11.0. The van der Waals surface area contributed by atoms with Crippen LogP contribution in [0.3, 0.4) is 0 Å². The molecule has 1 aliphatic heterocycles. The van der Waals surface area contributed by atoms with Crippen LogP contribution in [0.1, 0.15) is 34.6 Å². The summed E-state index contributed by atoms with van der Waals surface area (Å²) < 4.78 is 4.48. The van der Waals surface area contributed by atoms with E-state index in [1.807, 2.05) is 37.3 Å². The van der Waals surface area contributed by atoms with Gasteiger partial charge in [-0.1, -0.05) is 59.7 Å². The second kappa shape index (κ2) is 9.56. The molecule has 1 atom stereocenters. The lowest BCUT2D eigenvalue weighted by Crippen LogP contribution is -2.13. The van der Waals surface area contributed by atoms with Crippen molar-refractivity contribution in [2.24, 2.45) is 0 Å². The van der Waals surface area contributed by atoms with Crippen molar-refractivity contribution in [2.45, 2.75) is 26.2 Å². The van der Waals surface area contributed by atoms with E-state index in [0.717, 1.165) is 12.1 Å². The summed E-state index contributed by atoms with van der Waals surface area (Å²) in [5.41, 5.74) is 4.72. The number of aryl methyl sites for hydroxylation is 2. The first-order chi connectivity index (χ1) is 12.5. The highest BCUT2D eigenvalue weighted by atomic mass is 16.5. The van der Waals surface area contributed by atoms with Gasteiger partial charge >= 0.3 is 5.97 Å². The number of amides is 1. The summed E-state index contributed by atoms with van der Waals surface area (Å²) in [6, 6.07) is 16.3. The Balaban J connectivity index is 0.000000187. The molecule has 1 heterocycles. The van der Waals surface area contributed by atoms with Gasteiger partial charge in [0.25, 0.3) is 0 Å². The molecule has 1 aliphatic rings. The number of ether oxygens (including phenoxy) is 1. The molecule has 0 saturated carbocycles. The molecule has 136 valence electrons. The molecule has 26 heavy (non-hydrogen) atoms. The molecule has 2 aromatic rings.